The van der Waals surface area contributed by atoms with Gasteiger partial charge in [0.2, 0.25) is 0 Å². The average molecular weight is 557 g/mol. The van der Waals surface area contributed by atoms with E-state index in [1.165, 1.54) is 42.4 Å². The smallest absolute Gasteiger partial charge is 0.178 e. The van der Waals surface area contributed by atoms with Crippen molar-refractivity contribution < 1.29 is 0 Å². The third-order valence-corrected chi connectivity index (χ3v) is 8.87. The highest BCUT2D eigenvalue weighted by Gasteiger charge is 2.14. The molecule has 0 amide bonds. The van der Waals surface area contributed by atoms with E-state index in [1.54, 1.807) is 12.5 Å². The van der Waals surface area contributed by atoms with Gasteiger partial charge in [-0.15, -0.1) is 11.3 Å². The van der Waals surface area contributed by atoms with Crippen LogP contribution in [0.5, 0.6) is 0 Å². The summed E-state index contributed by atoms with van der Waals surface area (Å²) in [6.45, 7) is 0. The lowest BCUT2D eigenvalue weighted by atomic mass is 9.99. The van der Waals surface area contributed by atoms with Gasteiger partial charge in [0.05, 0.1) is 23.9 Å². The van der Waals surface area contributed by atoms with Crippen LogP contribution in [0.2, 0.25) is 0 Å². The number of thiophene rings is 1. The van der Waals surface area contributed by atoms with Gasteiger partial charge in [0.1, 0.15) is 5.69 Å². The van der Waals surface area contributed by atoms with Gasteiger partial charge in [-0.3, -0.25) is 0 Å². The molecular formula is C37H24N4S. The summed E-state index contributed by atoms with van der Waals surface area (Å²) in [6, 6.07) is 44.9. The summed E-state index contributed by atoms with van der Waals surface area (Å²) in [7, 11) is 0. The summed E-state index contributed by atoms with van der Waals surface area (Å²) in [6.07, 6.45) is 3.42. The first-order chi connectivity index (χ1) is 20.8. The number of hydrogen-bond donors (Lipinski definition) is 1. The zero-order valence-corrected chi connectivity index (χ0v) is 23.3. The summed E-state index contributed by atoms with van der Waals surface area (Å²) in [5, 5.41) is 2.62. The number of aromatic nitrogens is 4. The molecule has 1 N–H and O–H groups in total. The number of nitrogens with zero attached hydrogens (tertiary/aromatic N) is 3. The minimum absolute atomic E-state index is 0.617. The molecular weight excluding hydrogens is 533 g/mol. The predicted octanol–water partition coefficient (Wildman–Crippen LogP) is 9.90. The molecule has 0 radical (unpaired) electrons. The van der Waals surface area contributed by atoms with Crippen molar-refractivity contribution in [3.05, 3.63) is 140 Å². The molecule has 0 unspecified atom stereocenters. The molecule has 5 aromatic carbocycles. The Hall–Kier alpha value is -5.39. The molecule has 3 aromatic heterocycles. The largest absolute Gasteiger partial charge is 0.342 e. The van der Waals surface area contributed by atoms with E-state index in [-0.39, 0.29) is 0 Å². The zero-order chi connectivity index (χ0) is 27.9. The Kier molecular flexibility index (Phi) is 5.94. The molecule has 0 saturated heterocycles. The standard InChI is InChI=1S/C37H24N4S/c1-2-7-24(8-3-1)25-13-17-27(18-14-25)32-21-33(41-37(40-32)34-22-38-23-39-34)28-19-15-26(16-20-28)29-10-6-11-31-30-9-4-5-12-35(30)42-36(29)31/h1-23H,(H,38,39). The monoisotopic (exact) mass is 556 g/mol. The van der Waals surface area contributed by atoms with Gasteiger partial charge in [-0.05, 0) is 34.4 Å². The molecule has 5 heteroatoms. The number of aromatic amines is 1. The van der Waals surface area contributed by atoms with Gasteiger partial charge in [-0.1, -0.05) is 115 Å². The summed E-state index contributed by atoms with van der Waals surface area (Å²) in [4.78, 5) is 17.2. The van der Waals surface area contributed by atoms with Crippen molar-refractivity contribution >= 4 is 31.5 Å². The minimum atomic E-state index is 0.617. The molecule has 0 saturated carbocycles. The van der Waals surface area contributed by atoms with Gasteiger partial charge in [0, 0.05) is 31.3 Å². The lowest BCUT2D eigenvalue weighted by molar-refractivity contribution is 1.16. The molecule has 0 spiro atoms. The minimum Gasteiger partial charge on any atom is -0.342 e. The molecule has 0 aliphatic heterocycles. The lowest BCUT2D eigenvalue weighted by Crippen LogP contribution is -1.96. The molecule has 3 heterocycles. The molecule has 42 heavy (non-hydrogen) atoms. The second kappa shape index (κ2) is 10.2. The van der Waals surface area contributed by atoms with Crippen molar-refractivity contribution in [1.29, 1.82) is 0 Å². The van der Waals surface area contributed by atoms with Gasteiger partial charge in [-0.25, -0.2) is 15.0 Å². The van der Waals surface area contributed by atoms with E-state index in [9.17, 15) is 0 Å². The topological polar surface area (TPSA) is 54.5 Å². The lowest BCUT2D eigenvalue weighted by Gasteiger charge is -2.10. The number of rotatable bonds is 5. The maximum atomic E-state index is 4.94. The Bertz CT molecular complexity index is 2160. The van der Waals surface area contributed by atoms with Crippen LogP contribution in [-0.2, 0) is 0 Å². The van der Waals surface area contributed by atoms with Gasteiger partial charge in [-0.2, -0.15) is 0 Å². The molecule has 0 bridgehead atoms. The Morgan fingerprint density at radius 2 is 1.14 bits per heavy atom. The maximum Gasteiger partial charge on any atom is 0.178 e. The first-order valence-corrected chi connectivity index (χ1v) is 14.7. The summed E-state index contributed by atoms with van der Waals surface area (Å²) < 4.78 is 2.63. The first-order valence-electron chi connectivity index (χ1n) is 13.8. The van der Waals surface area contributed by atoms with Gasteiger partial charge in [0.15, 0.2) is 5.82 Å². The number of benzene rings is 5. The van der Waals surface area contributed by atoms with Crippen molar-refractivity contribution in [2.24, 2.45) is 0 Å². The van der Waals surface area contributed by atoms with Crippen LogP contribution in [0.1, 0.15) is 0 Å². The van der Waals surface area contributed by atoms with Crippen LogP contribution in [0.15, 0.2) is 140 Å². The zero-order valence-electron chi connectivity index (χ0n) is 22.5. The molecule has 8 aromatic rings. The fourth-order valence-electron chi connectivity index (χ4n) is 5.50. The maximum absolute atomic E-state index is 4.94. The highest BCUT2D eigenvalue weighted by Crippen LogP contribution is 2.40. The second-order valence-corrected chi connectivity index (χ2v) is 11.3. The van der Waals surface area contributed by atoms with E-state index in [4.69, 9.17) is 9.97 Å². The Morgan fingerprint density at radius 1 is 0.524 bits per heavy atom. The average Bonchev–Trinajstić information content (AvgIpc) is 3.74. The normalized spacial score (nSPS) is 11.3. The van der Waals surface area contributed by atoms with Crippen LogP contribution in [0.4, 0.5) is 0 Å². The summed E-state index contributed by atoms with van der Waals surface area (Å²) >= 11 is 1.85. The quantitative estimate of drug-likeness (QED) is 0.229. The highest BCUT2D eigenvalue weighted by molar-refractivity contribution is 7.26. The van der Waals surface area contributed by atoms with E-state index >= 15 is 0 Å². The number of H-pyrrole nitrogens is 1. The number of hydrogen-bond acceptors (Lipinski definition) is 4. The predicted molar refractivity (Wildman–Crippen MR) is 174 cm³/mol. The van der Waals surface area contributed by atoms with Crippen LogP contribution in [0.3, 0.4) is 0 Å². The van der Waals surface area contributed by atoms with Crippen LogP contribution < -0.4 is 0 Å². The Labute approximate surface area is 247 Å². The van der Waals surface area contributed by atoms with Gasteiger partial charge in [0.25, 0.3) is 0 Å². The summed E-state index contributed by atoms with van der Waals surface area (Å²) in [5.74, 6) is 0.617. The van der Waals surface area contributed by atoms with E-state index < -0.39 is 0 Å². The van der Waals surface area contributed by atoms with Crippen molar-refractivity contribution in [3.8, 4) is 56.3 Å². The molecule has 0 aliphatic carbocycles. The van der Waals surface area contributed by atoms with Crippen LogP contribution in [0.25, 0.3) is 76.5 Å². The third kappa shape index (κ3) is 4.37. The molecule has 0 atom stereocenters. The number of fused-ring (bicyclic) bond motifs is 3. The molecule has 0 aliphatic rings. The Morgan fingerprint density at radius 3 is 1.86 bits per heavy atom. The van der Waals surface area contributed by atoms with Crippen LogP contribution in [-0.4, -0.2) is 19.9 Å². The Balaban J connectivity index is 1.19. The second-order valence-electron chi connectivity index (χ2n) is 10.2. The fraction of sp³-hybridized carbons (Fsp3) is 0. The van der Waals surface area contributed by atoms with Crippen molar-refractivity contribution in [2.75, 3.05) is 0 Å². The number of nitrogens with one attached hydrogen (secondary N) is 1. The molecule has 0 fully saturated rings. The van der Waals surface area contributed by atoms with Crippen molar-refractivity contribution in [3.63, 3.8) is 0 Å². The SMILES string of the molecule is c1ccc(-c2ccc(-c3cc(-c4ccc(-c5cccc6c5sc5ccccc56)cc4)nc(-c4cnc[nH]4)n3)cc2)cc1. The van der Waals surface area contributed by atoms with Crippen LogP contribution >= 0.6 is 11.3 Å². The van der Waals surface area contributed by atoms with Gasteiger partial charge >= 0.3 is 0 Å². The van der Waals surface area contributed by atoms with Gasteiger partial charge < -0.3 is 4.98 Å². The third-order valence-electron chi connectivity index (χ3n) is 7.65. The van der Waals surface area contributed by atoms with Crippen molar-refractivity contribution in [2.45, 2.75) is 0 Å². The van der Waals surface area contributed by atoms with E-state index in [0.29, 0.717) is 5.82 Å². The van der Waals surface area contributed by atoms with Crippen molar-refractivity contribution in [1.82, 2.24) is 19.9 Å². The van der Waals surface area contributed by atoms with Crippen LogP contribution in [0, 0.1) is 0 Å². The molecule has 4 nitrogen and oxygen atoms in total. The van der Waals surface area contributed by atoms with E-state index in [1.807, 2.05) is 17.4 Å². The summed E-state index contributed by atoms with van der Waals surface area (Å²) in [5.41, 5.74) is 9.39. The molecule has 8 rings (SSSR count). The fourth-order valence-corrected chi connectivity index (χ4v) is 6.74. The van der Waals surface area contributed by atoms with E-state index in [2.05, 4.69) is 131 Å². The van der Waals surface area contributed by atoms with E-state index in [0.717, 1.165) is 28.2 Å². The first kappa shape index (κ1) is 24.4. The molecule has 198 valence electrons. The highest BCUT2D eigenvalue weighted by atomic mass is 32.1. The number of imidazole rings is 1.